The number of halogens is 2. The molecule has 2 N–H and O–H groups in total. The second-order valence-electron chi connectivity index (χ2n) is 6.58. The number of nitriles is 1. The van der Waals surface area contributed by atoms with Gasteiger partial charge in [-0.2, -0.15) is 5.26 Å². The Morgan fingerprint density at radius 3 is 2.34 bits per heavy atom. The quantitative estimate of drug-likeness (QED) is 0.491. The summed E-state index contributed by atoms with van der Waals surface area (Å²) in [7, 11) is -3.85. The Balaban J connectivity index is 1.67. The van der Waals surface area contributed by atoms with Crippen LogP contribution in [0.2, 0.25) is 5.02 Å². The largest absolute Gasteiger partial charge is 0.333 e. The average molecular weight is 470 g/mol. The van der Waals surface area contributed by atoms with Crippen molar-refractivity contribution < 1.29 is 17.6 Å². The molecule has 3 aromatic carbocycles. The van der Waals surface area contributed by atoms with Crippen LogP contribution >= 0.6 is 11.6 Å². The molecule has 0 radical (unpaired) electrons. The van der Waals surface area contributed by atoms with Crippen LogP contribution in [0.1, 0.15) is 17.2 Å². The van der Waals surface area contributed by atoms with Gasteiger partial charge < -0.3 is 5.32 Å². The van der Waals surface area contributed by atoms with Crippen LogP contribution in [0.25, 0.3) is 6.08 Å². The van der Waals surface area contributed by atoms with Crippen LogP contribution in [-0.2, 0) is 14.8 Å². The molecule has 3 aromatic rings. The maximum absolute atomic E-state index is 13.8. The molecule has 0 saturated carbocycles. The van der Waals surface area contributed by atoms with Crippen molar-refractivity contribution in [1.82, 2.24) is 5.32 Å². The first-order valence-corrected chi connectivity index (χ1v) is 11.2. The molecule has 0 aliphatic carbocycles. The van der Waals surface area contributed by atoms with E-state index in [1.54, 1.807) is 30.3 Å². The van der Waals surface area contributed by atoms with Crippen molar-refractivity contribution >= 4 is 39.3 Å². The monoisotopic (exact) mass is 469 g/mol. The molecule has 3 rings (SSSR count). The first-order chi connectivity index (χ1) is 15.3. The minimum Gasteiger partial charge on any atom is -0.333 e. The lowest BCUT2D eigenvalue weighted by molar-refractivity contribution is -0.116. The van der Waals surface area contributed by atoms with E-state index in [0.29, 0.717) is 5.56 Å². The Morgan fingerprint density at radius 1 is 1.03 bits per heavy atom. The van der Waals surface area contributed by atoms with Crippen LogP contribution in [0.15, 0.2) is 83.8 Å². The maximum Gasteiger partial charge on any atom is 0.261 e. The molecule has 0 fully saturated rings. The van der Waals surface area contributed by atoms with Crippen LogP contribution < -0.4 is 10.0 Å². The SMILES string of the molecule is N#CC(NC(=O)/C=C/c1ccc(S(=O)(=O)Nc2ccccc2Cl)cc1)c1ccccc1F. The molecule has 1 amide bonds. The number of hydrogen-bond acceptors (Lipinski definition) is 4. The smallest absolute Gasteiger partial charge is 0.261 e. The summed E-state index contributed by atoms with van der Waals surface area (Å²) in [6.45, 7) is 0. The minimum absolute atomic E-state index is 0.0168. The first-order valence-electron chi connectivity index (χ1n) is 9.30. The van der Waals surface area contributed by atoms with Gasteiger partial charge in [0.2, 0.25) is 5.91 Å². The van der Waals surface area contributed by atoms with Crippen LogP contribution in [0.4, 0.5) is 10.1 Å². The van der Waals surface area contributed by atoms with Crippen LogP contribution in [0.5, 0.6) is 0 Å². The van der Waals surface area contributed by atoms with Gasteiger partial charge in [-0.1, -0.05) is 54.1 Å². The summed E-state index contributed by atoms with van der Waals surface area (Å²) in [5.41, 5.74) is 0.880. The van der Waals surface area contributed by atoms with Gasteiger partial charge in [-0.05, 0) is 42.0 Å². The number of carbonyl (C=O) groups is 1. The Kier molecular flexibility index (Phi) is 7.25. The van der Waals surface area contributed by atoms with Crippen molar-refractivity contribution in [3.05, 3.63) is 101 Å². The number of anilines is 1. The summed E-state index contributed by atoms with van der Waals surface area (Å²) in [5.74, 6) is -1.19. The van der Waals surface area contributed by atoms with E-state index in [2.05, 4.69) is 10.0 Å². The molecule has 9 heteroatoms. The van der Waals surface area contributed by atoms with E-state index >= 15 is 0 Å². The minimum atomic E-state index is -3.85. The third-order valence-electron chi connectivity index (χ3n) is 4.37. The number of nitrogens with one attached hydrogen (secondary N) is 2. The fourth-order valence-corrected chi connectivity index (χ4v) is 4.08. The zero-order valence-corrected chi connectivity index (χ0v) is 18.1. The molecule has 1 unspecified atom stereocenters. The third-order valence-corrected chi connectivity index (χ3v) is 6.08. The highest BCUT2D eigenvalue weighted by molar-refractivity contribution is 7.92. The van der Waals surface area contributed by atoms with Crippen molar-refractivity contribution in [2.45, 2.75) is 10.9 Å². The lowest BCUT2D eigenvalue weighted by Gasteiger charge is -2.11. The zero-order chi connectivity index (χ0) is 23.1. The molecule has 0 heterocycles. The average Bonchev–Trinajstić information content (AvgIpc) is 2.78. The Morgan fingerprint density at radius 2 is 1.69 bits per heavy atom. The summed E-state index contributed by atoms with van der Waals surface area (Å²) in [6, 6.07) is 18.7. The Hall–Kier alpha value is -3.67. The summed E-state index contributed by atoms with van der Waals surface area (Å²) in [4.78, 5) is 12.2. The van der Waals surface area contributed by atoms with Crippen molar-refractivity contribution in [3.63, 3.8) is 0 Å². The van der Waals surface area contributed by atoms with Gasteiger partial charge in [0.15, 0.2) is 0 Å². The fourth-order valence-electron chi connectivity index (χ4n) is 2.76. The van der Waals surface area contributed by atoms with E-state index in [1.807, 2.05) is 6.07 Å². The highest BCUT2D eigenvalue weighted by Crippen LogP contribution is 2.24. The van der Waals surface area contributed by atoms with Gasteiger partial charge in [0.25, 0.3) is 10.0 Å². The van der Waals surface area contributed by atoms with Crippen molar-refractivity contribution in [2.24, 2.45) is 0 Å². The number of carbonyl (C=O) groups excluding carboxylic acids is 1. The van der Waals surface area contributed by atoms with E-state index in [1.165, 1.54) is 54.6 Å². The van der Waals surface area contributed by atoms with E-state index in [4.69, 9.17) is 11.6 Å². The van der Waals surface area contributed by atoms with E-state index in [0.717, 1.165) is 0 Å². The third kappa shape index (κ3) is 5.72. The van der Waals surface area contributed by atoms with Crippen molar-refractivity contribution in [1.29, 1.82) is 5.26 Å². The van der Waals surface area contributed by atoms with Crippen LogP contribution in [0, 0.1) is 17.1 Å². The topological polar surface area (TPSA) is 99.1 Å². The van der Waals surface area contributed by atoms with Crippen molar-refractivity contribution in [3.8, 4) is 6.07 Å². The highest BCUT2D eigenvalue weighted by atomic mass is 35.5. The van der Waals surface area contributed by atoms with Gasteiger partial charge in [0, 0.05) is 11.6 Å². The Labute approximate surface area is 190 Å². The fraction of sp³-hybridized carbons (Fsp3) is 0.0435. The standard InChI is InChI=1S/C23H17ClFN3O3S/c24-19-6-2-4-8-21(19)28-32(30,31)17-12-9-16(10-13-17)11-14-23(29)27-22(15-26)18-5-1-3-7-20(18)25/h1-14,22,28H,(H,27,29)/b14-11+. The lowest BCUT2D eigenvalue weighted by Crippen LogP contribution is -2.26. The molecule has 0 aliphatic rings. The molecule has 32 heavy (non-hydrogen) atoms. The summed E-state index contributed by atoms with van der Waals surface area (Å²) < 4.78 is 41.3. The number of para-hydroxylation sites is 1. The molecule has 0 aromatic heterocycles. The van der Waals surface area contributed by atoms with Gasteiger partial charge in [-0.15, -0.1) is 0 Å². The Bertz CT molecular complexity index is 1300. The van der Waals surface area contributed by atoms with Gasteiger partial charge in [-0.3, -0.25) is 9.52 Å². The predicted molar refractivity (Wildman–Crippen MR) is 121 cm³/mol. The van der Waals surface area contributed by atoms with Gasteiger partial charge >= 0.3 is 0 Å². The number of sulfonamides is 1. The summed E-state index contributed by atoms with van der Waals surface area (Å²) in [6.07, 6.45) is 2.62. The van der Waals surface area contributed by atoms with Crippen molar-refractivity contribution in [2.75, 3.05) is 4.72 Å². The molecule has 0 aliphatic heterocycles. The molecule has 1 atom stereocenters. The number of rotatable bonds is 7. The van der Waals surface area contributed by atoms with Crippen LogP contribution in [-0.4, -0.2) is 14.3 Å². The lowest BCUT2D eigenvalue weighted by atomic mass is 10.1. The molecule has 0 spiro atoms. The first kappa shape index (κ1) is 23.0. The van der Waals surface area contributed by atoms with E-state index < -0.39 is 27.8 Å². The van der Waals surface area contributed by atoms with Gasteiger partial charge in [0.1, 0.15) is 11.9 Å². The maximum atomic E-state index is 13.8. The molecule has 0 bridgehead atoms. The second kappa shape index (κ2) is 10.1. The molecule has 0 saturated heterocycles. The van der Waals surface area contributed by atoms with E-state index in [-0.39, 0.29) is 21.2 Å². The number of amides is 1. The predicted octanol–water partition coefficient (Wildman–Crippen LogP) is 4.67. The van der Waals surface area contributed by atoms with E-state index in [9.17, 15) is 22.9 Å². The normalized spacial score (nSPS) is 12.2. The zero-order valence-electron chi connectivity index (χ0n) is 16.5. The summed E-state index contributed by atoms with van der Waals surface area (Å²) >= 11 is 5.99. The number of hydrogen-bond donors (Lipinski definition) is 2. The molecular formula is C23H17ClFN3O3S. The van der Waals surface area contributed by atoms with Crippen LogP contribution in [0.3, 0.4) is 0 Å². The number of benzene rings is 3. The van der Waals surface area contributed by atoms with Gasteiger partial charge in [-0.25, -0.2) is 12.8 Å². The summed E-state index contributed by atoms with van der Waals surface area (Å²) in [5, 5.41) is 11.9. The molecule has 6 nitrogen and oxygen atoms in total. The molecular weight excluding hydrogens is 453 g/mol. The van der Waals surface area contributed by atoms with Gasteiger partial charge in [0.05, 0.1) is 21.7 Å². The number of nitrogens with zero attached hydrogens (tertiary/aromatic N) is 1. The highest BCUT2D eigenvalue weighted by Gasteiger charge is 2.17. The molecule has 162 valence electrons. The second-order valence-corrected chi connectivity index (χ2v) is 8.67.